The molecule has 1 heterocycles. The van der Waals surface area contributed by atoms with E-state index < -0.39 is 45.4 Å². The molecule has 1 saturated heterocycles. The Morgan fingerprint density at radius 3 is 2.50 bits per heavy atom. The van der Waals surface area contributed by atoms with Gasteiger partial charge in [-0.05, 0) is 24.3 Å². The lowest BCUT2D eigenvalue weighted by molar-refractivity contribution is -0.385. The number of esters is 1. The summed E-state index contributed by atoms with van der Waals surface area (Å²) in [5.74, 6) is -1.23. The van der Waals surface area contributed by atoms with Crippen molar-refractivity contribution in [1.82, 2.24) is 0 Å². The summed E-state index contributed by atoms with van der Waals surface area (Å²) < 4.78 is 53.9. The maximum absolute atomic E-state index is 12.7. The number of nitro benzene ring substituents is 1. The summed E-state index contributed by atoms with van der Waals surface area (Å²) in [6.45, 7) is 0.211. The van der Waals surface area contributed by atoms with Crippen LogP contribution < -0.4 is 4.74 Å². The first-order valence-electron chi connectivity index (χ1n) is 8.32. The molecule has 1 aliphatic rings. The first-order valence-corrected chi connectivity index (χ1v) is 9.13. The molecule has 2 aromatic rings. The molecule has 12 heteroatoms. The van der Waals surface area contributed by atoms with Gasteiger partial charge in [0.05, 0.1) is 34.1 Å². The predicted molar refractivity (Wildman–Crippen MR) is 99.3 cm³/mol. The highest BCUT2D eigenvalue weighted by Crippen LogP contribution is 2.37. The number of halogens is 5. The molecule has 160 valence electrons. The Hall–Kier alpha value is -2.56. The summed E-state index contributed by atoms with van der Waals surface area (Å²) in [6, 6.07) is 5.66. The Morgan fingerprint density at radius 1 is 1.20 bits per heavy atom. The zero-order chi connectivity index (χ0) is 22.1. The smallest absolute Gasteiger partial charge is 0.416 e. The number of hydrogen-bond acceptors (Lipinski definition) is 6. The van der Waals surface area contributed by atoms with Crippen molar-refractivity contribution in [3.05, 3.63) is 62.7 Å². The summed E-state index contributed by atoms with van der Waals surface area (Å²) in [6.07, 6.45) is -5.37. The predicted octanol–water partition coefficient (Wildman–Crippen LogP) is 5.22. The standard InChI is InChI=1S/C18H12Cl2F3NO6/c19-12-5-9(18(21,22)23)1-4-15(12)29-10-2-3-14(24(26)27)11(6-10)17(25)30-16-8-28-7-13(16)20/h1-6,13,16H,7-8H2. The first kappa shape index (κ1) is 22.1. The van der Waals surface area contributed by atoms with Gasteiger partial charge in [-0.15, -0.1) is 11.6 Å². The number of nitrogens with zero attached hydrogens (tertiary/aromatic N) is 1. The second kappa shape index (κ2) is 8.66. The molecule has 7 nitrogen and oxygen atoms in total. The molecule has 2 atom stereocenters. The molecule has 0 spiro atoms. The summed E-state index contributed by atoms with van der Waals surface area (Å²) in [5, 5.41) is 10.3. The van der Waals surface area contributed by atoms with Crippen molar-refractivity contribution in [2.24, 2.45) is 0 Å². The number of alkyl halides is 4. The van der Waals surface area contributed by atoms with Gasteiger partial charge in [-0.1, -0.05) is 11.6 Å². The molecule has 0 bridgehead atoms. The zero-order valence-electron chi connectivity index (χ0n) is 14.8. The number of carbonyl (C=O) groups is 1. The van der Waals surface area contributed by atoms with Gasteiger partial charge in [-0.2, -0.15) is 13.2 Å². The lowest BCUT2D eigenvalue weighted by Crippen LogP contribution is -2.26. The van der Waals surface area contributed by atoms with E-state index in [-0.39, 0.29) is 29.7 Å². The molecule has 1 fully saturated rings. The van der Waals surface area contributed by atoms with Crippen LogP contribution in [0, 0.1) is 10.1 Å². The van der Waals surface area contributed by atoms with E-state index in [9.17, 15) is 28.1 Å². The average Bonchev–Trinajstić information content (AvgIpc) is 3.06. The van der Waals surface area contributed by atoms with Crippen LogP contribution in [-0.4, -0.2) is 35.6 Å². The van der Waals surface area contributed by atoms with E-state index >= 15 is 0 Å². The van der Waals surface area contributed by atoms with Crippen LogP contribution >= 0.6 is 23.2 Å². The average molecular weight is 466 g/mol. The summed E-state index contributed by atoms with van der Waals surface area (Å²) in [5.41, 5.74) is -1.94. The number of ether oxygens (including phenoxy) is 3. The van der Waals surface area contributed by atoms with Gasteiger partial charge in [0.25, 0.3) is 5.69 Å². The van der Waals surface area contributed by atoms with Gasteiger partial charge in [-0.3, -0.25) is 10.1 Å². The van der Waals surface area contributed by atoms with Crippen molar-refractivity contribution in [2.45, 2.75) is 17.7 Å². The Labute approximate surface area is 177 Å². The summed E-state index contributed by atoms with van der Waals surface area (Å²) >= 11 is 11.8. The molecule has 30 heavy (non-hydrogen) atoms. The summed E-state index contributed by atoms with van der Waals surface area (Å²) in [4.78, 5) is 22.9. The molecule has 0 amide bonds. The fourth-order valence-corrected chi connectivity index (χ4v) is 3.04. The summed E-state index contributed by atoms with van der Waals surface area (Å²) in [7, 11) is 0. The lowest BCUT2D eigenvalue weighted by Gasteiger charge is -2.14. The van der Waals surface area contributed by atoms with Gasteiger partial charge < -0.3 is 14.2 Å². The highest BCUT2D eigenvalue weighted by atomic mass is 35.5. The normalized spacial score (nSPS) is 18.8. The van der Waals surface area contributed by atoms with Gasteiger partial charge in [-0.25, -0.2) is 4.79 Å². The van der Waals surface area contributed by atoms with Crippen molar-refractivity contribution in [3.63, 3.8) is 0 Å². The Bertz CT molecular complexity index is 985. The van der Waals surface area contributed by atoms with E-state index in [1.165, 1.54) is 6.07 Å². The van der Waals surface area contributed by atoms with Crippen molar-refractivity contribution >= 4 is 34.9 Å². The van der Waals surface area contributed by atoms with Crippen molar-refractivity contribution in [3.8, 4) is 11.5 Å². The van der Waals surface area contributed by atoms with Crippen LogP contribution in [0.3, 0.4) is 0 Å². The molecule has 2 unspecified atom stereocenters. The minimum Gasteiger partial charge on any atom is -0.456 e. The quantitative estimate of drug-likeness (QED) is 0.260. The highest BCUT2D eigenvalue weighted by Gasteiger charge is 2.33. The molecule has 1 aliphatic heterocycles. The SMILES string of the molecule is O=C(OC1COCC1Cl)c1cc(Oc2ccc(C(F)(F)F)cc2Cl)ccc1[N+](=O)[O-]. The number of benzene rings is 2. The third-order valence-electron chi connectivity index (χ3n) is 4.09. The van der Waals surface area contributed by atoms with E-state index in [0.717, 1.165) is 24.3 Å². The molecule has 2 aromatic carbocycles. The fraction of sp³-hybridized carbons (Fsp3) is 0.278. The molecule has 3 rings (SSSR count). The third-order valence-corrected chi connectivity index (χ3v) is 4.80. The van der Waals surface area contributed by atoms with E-state index in [1.807, 2.05) is 0 Å². The maximum atomic E-state index is 12.7. The van der Waals surface area contributed by atoms with Crippen molar-refractivity contribution < 1.29 is 37.1 Å². The van der Waals surface area contributed by atoms with Crippen LogP contribution in [0.5, 0.6) is 11.5 Å². The molecular weight excluding hydrogens is 454 g/mol. The monoisotopic (exact) mass is 465 g/mol. The second-order valence-corrected chi connectivity index (χ2v) is 7.15. The molecule has 0 N–H and O–H groups in total. The highest BCUT2D eigenvalue weighted by molar-refractivity contribution is 6.32. The maximum Gasteiger partial charge on any atom is 0.416 e. The van der Waals surface area contributed by atoms with E-state index in [2.05, 4.69) is 0 Å². The molecule has 0 aromatic heterocycles. The van der Waals surface area contributed by atoms with E-state index in [1.54, 1.807) is 0 Å². The van der Waals surface area contributed by atoms with Gasteiger partial charge in [0.15, 0.2) is 0 Å². The molecule has 0 radical (unpaired) electrons. The van der Waals surface area contributed by atoms with Gasteiger partial charge in [0, 0.05) is 12.1 Å². The number of nitro groups is 1. The van der Waals surface area contributed by atoms with Crippen molar-refractivity contribution in [2.75, 3.05) is 13.2 Å². The molecule has 0 saturated carbocycles. The number of hydrogen-bond donors (Lipinski definition) is 0. The van der Waals surface area contributed by atoms with Gasteiger partial charge in [0.1, 0.15) is 23.2 Å². The molecule has 0 aliphatic carbocycles. The van der Waals surface area contributed by atoms with Crippen molar-refractivity contribution in [1.29, 1.82) is 0 Å². The fourth-order valence-electron chi connectivity index (χ4n) is 2.61. The van der Waals surface area contributed by atoms with Crippen LogP contribution in [-0.2, 0) is 15.7 Å². The number of carbonyl (C=O) groups excluding carboxylic acids is 1. The van der Waals surface area contributed by atoms with E-state index in [0.29, 0.717) is 6.07 Å². The second-order valence-electron chi connectivity index (χ2n) is 6.18. The van der Waals surface area contributed by atoms with Gasteiger partial charge in [0.2, 0.25) is 0 Å². The largest absolute Gasteiger partial charge is 0.456 e. The minimum atomic E-state index is -4.59. The Morgan fingerprint density at radius 2 is 1.93 bits per heavy atom. The molecular formula is C18H12Cl2F3NO6. The zero-order valence-corrected chi connectivity index (χ0v) is 16.3. The minimum absolute atomic E-state index is 0.0467. The topological polar surface area (TPSA) is 87.9 Å². The van der Waals surface area contributed by atoms with Crippen LogP contribution in [0.4, 0.5) is 18.9 Å². The Kier molecular flexibility index (Phi) is 6.39. The van der Waals surface area contributed by atoms with Crippen LogP contribution in [0.2, 0.25) is 5.02 Å². The van der Waals surface area contributed by atoms with Gasteiger partial charge >= 0.3 is 12.1 Å². The van der Waals surface area contributed by atoms with E-state index in [4.69, 9.17) is 37.4 Å². The van der Waals surface area contributed by atoms with Crippen LogP contribution in [0.15, 0.2) is 36.4 Å². The third kappa shape index (κ3) is 4.94. The Balaban J connectivity index is 1.87. The van der Waals surface area contributed by atoms with Crippen LogP contribution in [0.25, 0.3) is 0 Å². The lowest BCUT2D eigenvalue weighted by atomic mass is 10.1. The number of rotatable bonds is 5. The first-order chi connectivity index (χ1) is 14.1. The van der Waals surface area contributed by atoms with Crippen LogP contribution in [0.1, 0.15) is 15.9 Å².